The van der Waals surface area contributed by atoms with Crippen LogP contribution in [0, 0.1) is 0 Å². The number of amides is 2. The van der Waals surface area contributed by atoms with Crippen LogP contribution >= 0.6 is 0 Å². The largest absolute Gasteiger partial charge is 0.492 e. The summed E-state index contributed by atoms with van der Waals surface area (Å²) in [6.45, 7) is 2.26. The van der Waals surface area contributed by atoms with Crippen LogP contribution in [0.3, 0.4) is 0 Å². The molecule has 0 N–H and O–H groups in total. The number of imide groups is 1. The summed E-state index contributed by atoms with van der Waals surface area (Å²) in [6, 6.07) is 13.5. The average Bonchev–Trinajstić information content (AvgIpc) is 2.92. The summed E-state index contributed by atoms with van der Waals surface area (Å²) in [5.74, 6) is -0.108. The summed E-state index contributed by atoms with van der Waals surface area (Å²) >= 11 is 0. The van der Waals surface area contributed by atoms with Gasteiger partial charge < -0.3 is 9.15 Å². The van der Waals surface area contributed by atoms with Crippen LogP contribution in [0.2, 0.25) is 0 Å². The first-order valence-electron chi connectivity index (χ1n) is 8.73. The molecule has 6 heteroatoms. The van der Waals surface area contributed by atoms with E-state index in [2.05, 4.69) is 0 Å². The zero-order chi connectivity index (χ0) is 19.0. The van der Waals surface area contributed by atoms with Gasteiger partial charge in [0.1, 0.15) is 17.9 Å². The summed E-state index contributed by atoms with van der Waals surface area (Å²) in [5, 5.41) is 0.866. The van der Waals surface area contributed by atoms with Crippen molar-refractivity contribution in [2.75, 3.05) is 13.2 Å². The SMILES string of the molecule is CCc1cc(=O)oc2cc(OCCN3C(=O)c4ccccc4C3=O)ccc12. The number of carbonyl (C=O) groups excluding carboxylic acids is 2. The third kappa shape index (κ3) is 2.99. The van der Waals surface area contributed by atoms with Crippen molar-refractivity contribution < 1.29 is 18.7 Å². The Balaban J connectivity index is 1.48. The minimum atomic E-state index is -0.400. The average molecular weight is 363 g/mol. The van der Waals surface area contributed by atoms with Gasteiger partial charge in [-0.3, -0.25) is 14.5 Å². The second-order valence-corrected chi connectivity index (χ2v) is 6.26. The maximum absolute atomic E-state index is 12.3. The molecule has 1 aliphatic heterocycles. The number of carbonyl (C=O) groups is 2. The van der Waals surface area contributed by atoms with E-state index in [-0.39, 0.29) is 25.0 Å². The highest BCUT2D eigenvalue weighted by Crippen LogP contribution is 2.24. The predicted octanol–water partition coefficient (Wildman–Crippen LogP) is 3.03. The van der Waals surface area contributed by atoms with E-state index in [9.17, 15) is 14.4 Å². The summed E-state index contributed by atoms with van der Waals surface area (Å²) in [5.41, 5.74) is 1.81. The standard InChI is InChI=1S/C21H17NO5/c1-2-13-11-19(23)27-18-12-14(7-8-15(13)18)26-10-9-22-20(24)16-5-3-4-6-17(16)21(22)25/h3-8,11-12H,2,9-10H2,1H3. The second-order valence-electron chi connectivity index (χ2n) is 6.26. The summed E-state index contributed by atoms with van der Waals surface area (Å²) in [7, 11) is 0. The van der Waals surface area contributed by atoms with Gasteiger partial charge in [-0.1, -0.05) is 19.1 Å². The third-order valence-corrected chi connectivity index (χ3v) is 4.64. The van der Waals surface area contributed by atoms with Crippen molar-refractivity contribution in [3.63, 3.8) is 0 Å². The lowest BCUT2D eigenvalue weighted by molar-refractivity contribution is 0.0631. The quantitative estimate of drug-likeness (QED) is 0.514. The number of nitrogens with zero attached hydrogens (tertiary/aromatic N) is 1. The van der Waals surface area contributed by atoms with Crippen LogP contribution in [0.15, 0.2) is 57.7 Å². The van der Waals surface area contributed by atoms with Crippen LogP contribution < -0.4 is 10.4 Å². The number of hydrogen-bond donors (Lipinski definition) is 0. The Bertz CT molecular complexity index is 1080. The topological polar surface area (TPSA) is 76.8 Å². The highest BCUT2D eigenvalue weighted by Gasteiger charge is 2.34. The normalized spacial score (nSPS) is 13.3. The molecule has 0 aliphatic carbocycles. The number of ether oxygens (including phenoxy) is 1. The molecule has 0 radical (unpaired) electrons. The van der Waals surface area contributed by atoms with E-state index in [1.807, 2.05) is 13.0 Å². The molecule has 0 bridgehead atoms. The monoisotopic (exact) mass is 363 g/mol. The molecule has 0 atom stereocenters. The Morgan fingerprint density at radius 3 is 2.33 bits per heavy atom. The molecule has 0 spiro atoms. The molecular weight excluding hydrogens is 346 g/mol. The Kier molecular flexibility index (Phi) is 4.24. The summed E-state index contributed by atoms with van der Waals surface area (Å²) < 4.78 is 10.9. The van der Waals surface area contributed by atoms with Crippen molar-refractivity contribution in [2.24, 2.45) is 0 Å². The van der Waals surface area contributed by atoms with Gasteiger partial charge in [0.05, 0.1) is 17.7 Å². The van der Waals surface area contributed by atoms with Crippen LogP contribution in [0.5, 0.6) is 5.75 Å². The Morgan fingerprint density at radius 1 is 0.963 bits per heavy atom. The van der Waals surface area contributed by atoms with Gasteiger partial charge in [0.25, 0.3) is 11.8 Å². The molecule has 0 fully saturated rings. The van der Waals surface area contributed by atoms with E-state index in [4.69, 9.17) is 9.15 Å². The number of aryl methyl sites for hydroxylation is 1. The highest BCUT2D eigenvalue weighted by atomic mass is 16.5. The van der Waals surface area contributed by atoms with E-state index in [0.29, 0.717) is 22.5 Å². The van der Waals surface area contributed by atoms with Gasteiger partial charge in [0.15, 0.2) is 0 Å². The molecule has 2 heterocycles. The second kappa shape index (κ2) is 6.72. The Morgan fingerprint density at radius 2 is 1.67 bits per heavy atom. The molecule has 136 valence electrons. The Hall–Kier alpha value is -3.41. The van der Waals surface area contributed by atoms with Crippen molar-refractivity contribution in [1.29, 1.82) is 0 Å². The van der Waals surface area contributed by atoms with Crippen LogP contribution in [0.1, 0.15) is 33.2 Å². The van der Waals surface area contributed by atoms with Gasteiger partial charge in [-0.15, -0.1) is 0 Å². The fourth-order valence-corrected chi connectivity index (χ4v) is 3.29. The van der Waals surface area contributed by atoms with Gasteiger partial charge in [0, 0.05) is 17.5 Å². The number of fused-ring (bicyclic) bond motifs is 2. The molecule has 4 rings (SSSR count). The van der Waals surface area contributed by atoms with E-state index in [0.717, 1.165) is 17.4 Å². The zero-order valence-electron chi connectivity index (χ0n) is 14.7. The van der Waals surface area contributed by atoms with Gasteiger partial charge in [-0.2, -0.15) is 0 Å². The minimum Gasteiger partial charge on any atom is -0.492 e. The third-order valence-electron chi connectivity index (χ3n) is 4.64. The molecule has 0 saturated carbocycles. The van der Waals surface area contributed by atoms with Crippen LogP contribution in [-0.2, 0) is 6.42 Å². The van der Waals surface area contributed by atoms with Gasteiger partial charge in [-0.25, -0.2) is 4.79 Å². The minimum absolute atomic E-state index is 0.142. The van der Waals surface area contributed by atoms with Gasteiger partial charge >= 0.3 is 5.63 Å². The van der Waals surface area contributed by atoms with Crippen LogP contribution in [0.4, 0.5) is 0 Å². The maximum atomic E-state index is 12.3. The van der Waals surface area contributed by atoms with Crippen LogP contribution in [0.25, 0.3) is 11.0 Å². The molecular formula is C21H17NO5. The predicted molar refractivity (Wildman–Crippen MR) is 99.2 cm³/mol. The van der Waals surface area contributed by atoms with Crippen molar-refractivity contribution in [3.05, 3.63) is 75.6 Å². The van der Waals surface area contributed by atoms with Crippen molar-refractivity contribution in [2.45, 2.75) is 13.3 Å². The van der Waals surface area contributed by atoms with E-state index >= 15 is 0 Å². The first-order chi connectivity index (χ1) is 13.1. The summed E-state index contributed by atoms with van der Waals surface area (Å²) in [6.07, 6.45) is 0.724. The molecule has 2 amide bonds. The molecule has 1 aliphatic rings. The lowest BCUT2D eigenvalue weighted by Gasteiger charge is -2.14. The lowest BCUT2D eigenvalue weighted by atomic mass is 10.1. The van der Waals surface area contributed by atoms with Crippen molar-refractivity contribution in [1.82, 2.24) is 4.90 Å². The molecule has 6 nitrogen and oxygen atoms in total. The molecule has 0 saturated heterocycles. The molecule has 1 aromatic heterocycles. The molecule has 0 unspecified atom stereocenters. The molecule has 27 heavy (non-hydrogen) atoms. The smallest absolute Gasteiger partial charge is 0.336 e. The number of hydrogen-bond acceptors (Lipinski definition) is 5. The van der Waals surface area contributed by atoms with Gasteiger partial charge in [-0.05, 0) is 36.2 Å². The summed E-state index contributed by atoms with van der Waals surface area (Å²) in [4.78, 5) is 37.5. The fourth-order valence-electron chi connectivity index (χ4n) is 3.29. The lowest BCUT2D eigenvalue weighted by Crippen LogP contribution is -2.33. The first kappa shape index (κ1) is 17.0. The van der Waals surface area contributed by atoms with Crippen molar-refractivity contribution >= 4 is 22.8 Å². The maximum Gasteiger partial charge on any atom is 0.336 e. The van der Waals surface area contributed by atoms with Crippen molar-refractivity contribution in [3.8, 4) is 5.75 Å². The fraction of sp³-hybridized carbons (Fsp3) is 0.190. The molecule has 2 aromatic carbocycles. The Labute approximate surface area is 155 Å². The van der Waals surface area contributed by atoms with E-state index < -0.39 is 5.63 Å². The zero-order valence-corrected chi connectivity index (χ0v) is 14.7. The number of benzene rings is 2. The highest BCUT2D eigenvalue weighted by molar-refractivity contribution is 6.21. The van der Waals surface area contributed by atoms with E-state index in [1.165, 1.54) is 11.0 Å². The van der Waals surface area contributed by atoms with E-state index in [1.54, 1.807) is 36.4 Å². The first-order valence-corrected chi connectivity index (χ1v) is 8.73. The van der Waals surface area contributed by atoms with Crippen LogP contribution in [-0.4, -0.2) is 29.9 Å². The number of rotatable bonds is 5. The molecule has 3 aromatic rings. The van der Waals surface area contributed by atoms with Gasteiger partial charge in [0.2, 0.25) is 0 Å².